The standard InChI is InChI=1S/C25H32N2O2/c1-26(23-13-7-11-19-8-5-6-12-22(19)23)24(28)18-27-16-14-21(15-17-27)25(29)20-9-3-2-4-10-20/h2-6,8-10,12,21,23,25,29H,7,11,13-18H2,1H3. The number of amides is 1. The first-order valence-corrected chi connectivity index (χ1v) is 10.9. The quantitative estimate of drug-likeness (QED) is 0.837. The number of likely N-dealkylation sites (N-methyl/N-ethyl adjacent to an activating group) is 1. The summed E-state index contributed by atoms with van der Waals surface area (Å²) < 4.78 is 0. The van der Waals surface area contributed by atoms with E-state index in [0.29, 0.717) is 6.54 Å². The van der Waals surface area contributed by atoms with Crippen molar-refractivity contribution >= 4 is 5.91 Å². The minimum Gasteiger partial charge on any atom is -0.388 e. The van der Waals surface area contributed by atoms with E-state index in [1.54, 1.807) is 0 Å². The van der Waals surface area contributed by atoms with Crippen LogP contribution in [-0.2, 0) is 11.2 Å². The van der Waals surface area contributed by atoms with Crippen molar-refractivity contribution in [3.63, 3.8) is 0 Å². The van der Waals surface area contributed by atoms with Crippen molar-refractivity contribution in [2.75, 3.05) is 26.7 Å². The van der Waals surface area contributed by atoms with Crippen LogP contribution < -0.4 is 0 Å². The number of hydrogen-bond acceptors (Lipinski definition) is 3. The Morgan fingerprint density at radius 3 is 2.52 bits per heavy atom. The van der Waals surface area contributed by atoms with Crippen molar-refractivity contribution in [3.05, 3.63) is 71.3 Å². The van der Waals surface area contributed by atoms with Crippen LogP contribution in [0.3, 0.4) is 0 Å². The van der Waals surface area contributed by atoms with E-state index in [4.69, 9.17) is 0 Å². The molecule has 0 spiro atoms. The summed E-state index contributed by atoms with van der Waals surface area (Å²) in [6.45, 7) is 2.22. The number of aliphatic hydroxyl groups is 1. The molecule has 1 aliphatic carbocycles. The van der Waals surface area contributed by atoms with E-state index in [0.717, 1.165) is 50.8 Å². The number of rotatable bonds is 5. The van der Waals surface area contributed by atoms with E-state index in [2.05, 4.69) is 29.2 Å². The number of nitrogens with zero attached hydrogens (tertiary/aromatic N) is 2. The lowest BCUT2D eigenvalue weighted by Gasteiger charge is -2.37. The maximum Gasteiger partial charge on any atom is 0.237 e. The van der Waals surface area contributed by atoms with Crippen LogP contribution in [0.5, 0.6) is 0 Å². The minimum absolute atomic E-state index is 0.199. The number of hydrogen-bond donors (Lipinski definition) is 1. The summed E-state index contributed by atoms with van der Waals surface area (Å²) in [5.41, 5.74) is 3.70. The number of benzene rings is 2. The Kier molecular flexibility index (Phi) is 6.31. The van der Waals surface area contributed by atoms with Gasteiger partial charge in [0.1, 0.15) is 0 Å². The van der Waals surface area contributed by atoms with Crippen molar-refractivity contribution in [2.45, 2.75) is 44.2 Å². The fraction of sp³-hybridized carbons (Fsp3) is 0.480. The molecule has 1 saturated heterocycles. The van der Waals surface area contributed by atoms with Crippen LogP contribution in [0.1, 0.15) is 54.5 Å². The summed E-state index contributed by atoms with van der Waals surface area (Å²) in [4.78, 5) is 17.2. The summed E-state index contributed by atoms with van der Waals surface area (Å²) in [7, 11) is 1.96. The lowest BCUT2D eigenvalue weighted by molar-refractivity contribution is -0.134. The molecule has 2 unspecified atom stereocenters. The van der Waals surface area contributed by atoms with Gasteiger partial charge in [0.2, 0.25) is 5.91 Å². The largest absolute Gasteiger partial charge is 0.388 e. The maximum absolute atomic E-state index is 13.0. The average molecular weight is 393 g/mol. The highest BCUT2D eigenvalue weighted by atomic mass is 16.3. The number of piperidine rings is 1. The molecule has 0 bridgehead atoms. The molecule has 0 aromatic heterocycles. The average Bonchev–Trinajstić information content (AvgIpc) is 2.79. The fourth-order valence-corrected chi connectivity index (χ4v) is 4.96. The van der Waals surface area contributed by atoms with Crippen LogP contribution in [0.15, 0.2) is 54.6 Å². The SMILES string of the molecule is CN(C(=O)CN1CCC(C(O)c2ccccc2)CC1)C1CCCc2ccccc21. The van der Waals surface area contributed by atoms with Gasteiger partial charge in [-0.15, -0.1) is 0 Å². The van der Waals surface area contributed by atoms with Gasteiger partial charge in [-0.05, 0) is 67.8 Å². The van der Waals surface area contributed by atoms with E-state index >= 15 is 0 Å². The molecule has 29 heavy (non-hydrogen) atoms. The molecule has 2 atom stereocenters. The smallest absolute Gasteiger partial charge is 0.237 e. The summed E-state index contributed by atoms with van der Waals surface area (Å²) in [5, 5.41) is 10.7. The summed E-state index contributed by atoms with van der Waals surface area (Å²) >= 11 is 0. The van der Waals surface area contributed by atoms with Crippen LogP contribution in [0.25, 0.3) is 0 Å². The van der Waals surface area contributed by atoms with Gasteiger partial charge in [-0.25, -0.2) is 0 Å². The molecule has 1 aliphatic heterocycles. The number of fused-ring (bicyclic) bond motifs is 1. The van der Waals surface area contributed by atoms with Crippen LogP contribution in [0.2, 0.25) is 0 Å². The molecule has 1 fully saturated rings. The van der Waals surface area contributed by atoms with Crippen molar-refractivity contribution in [1.82, 2.24) is 9.80 Å². The molecule has 2 aliphatic rings. The molecular weight excluding hydrogens is 360 g/mol. The Hall–Kier alpha value is -2.17. The van der Waals surface area contributed by atoms with Gasteiger partial charge >= 0.3 is 0 Å². The van der Waals surface area contributed by atoms with Crippen LogP contribution in [-0.4, -0.2) is 47.5 Å². The lowest BCUT2D eigenvalue weighted by Crippen LogP contribution is -2.44. The van der Waals surface area contributed by atoms with Crippen molar-refractivity contribution in [1.29, 1.82) is 0 Å². The predicted molar refractivity (Wildman–Crippen MR) is 115 cm³/mol. The Balaban J connectivity index is 1.31. The van der Waals surface area contributed by atoms with Crippen molar-refractivity contribution in [2.24, 2.45) is 5.92 Å². The molecule has 0 radical (unpaired) electrons. The predicted octanol–water partition coefficient (Wildman–Crippen LogP) is 3.97. The van der Waals surface area contributed by atoms with Crippen LogP contribution in [0, 0.1) is 5.92 Å². The van der Waals surface area contributed by atoms with Gasteiger partial charge in [0, 0.05) is 7.05 Å². The molecule has 4 rings (SSSR count). The normalized spacial score (nSPS) is 21.4. The third kappa shape index (κ3) is 4.54. The van der Waals surface area contributed by atoms with Crippen LogP contribution >= 0.6 is 0 Å². The van der Waals surface area contributed by atoms with Crippen molar-refractivity contribution in [3.8, 4) is 0 Å². The first-order chi connectivity index (χ1) is 14.1. The molecule has 2 aromatic carbocycles. The second-order valence-corrected chi connectivity index (χ2v) is 8.58. The summed E-state index contributed by atoms with van der Waals surface area (Å²) in [6, 6.07) is 18.7. The van der Waals surface area contributed by atoms with E-state index in [1.807, 2.05) is 42.3 Å². The van der Waals surface area contributed by atoms with Gasteiger partial charge in [0.05, 0.1) is 18.7 Å². The van der Waals surface area contributed by atoms with Gasteiger partial charge < -0.3 is 10.0 Å². The minimum atomic E-state index is -0.407. The maximum atomic E-state index is 13.0. The number of carbonyl (C=O) groups is 1. The van der Waals surface area contributed by atoms with E-state index in [1.165, 1.54) is 11.1 Å². The lowest BCUT2D eigenvalue weighted by atomic mass is 9.86. The summed E-state index contributed by atoms with van der Waals surface area (Å²) in [5.74, 6) is 0.473. The molecule has 2 aromatic rings. The highest BCUT2D eigenvalue weighted by Gasteiger charge is 2.30. The van der Waals surface area contributed by atoms with E-state index in [9.17, 15) is 9.90 Å². The number of aryl methyl sites for hydroxylation is 1. The molecule has 1 N–H and O–H groups in total. The van der Waals surface area contributed by atoms with E-state index in [-0.39, 0.29) is 17.9 Å². The van der Waals surface area contributed by atoms with Crippen molar-refractivity contribution < 1.29 is 9.90 Å². The molecule has 4 heteroatoms. The molecule has 1 heterocycles. The second kappa shape index (κ2) is 9.10. The first-order valence-electron chi connectivity index (χ1n) is 10.9. The molecule has 4 nitrogen and oxygen atoms in total. The Labute approximate surface area is 174 Å². The fourth-order valence-electron chi connectivity index (χ4n) is 4.96. The third-order valence-corrected chi connectivity index (χ3v) is 6.78. The zero-order valence-electron chi connectivity index (χ0n) is 17.3. The van der Waals surface area contributed by atoms with E-state index < -0.39 is 6.10 Å². The molecular formula is C25H32N2O2. The van der Waals surface area contributed by atoms with Gasteiger partial charge in [-0.2, -0.15) is 0 Å². The molecule has 1 amide bonds. The molecule has 0 saturated carbocycles. The Morgan fingerprint density at radius 1 is 1.07 bits per heavy atom. The van der Waals surface area contributed by atoms with Gasteiger partial charge in [-0.3, -0.25) is 9.69 Å². The number of carbonyl (C=O) groups excluding carboxylic acids is 1. The van der Waals surface area contributed by atoms with Crippen LogP contribution in [0.4, 0.5) is 0 Å². The summed E-state index contributed by atoms with van der Waals surface area (Å²) in [6.07, 6.45) is 4.76. The van der Waals surface area contributed by atoms with Gasteiger partial charge in [-0.1, -0.05) is 54.6 Å². The van der Waals surface area contributed by atoms with Gasteiger partial charge in [0.25, 0.3) is 0 Å². The highest BCUT2D eigenvalue weighted by Crippen LogP contribution is 2.34. The Bertz CT molecular complexity index is 815. The highest BCUT2D eigenvalue weighted by molar-refractivity contribution is 5.78. The zero-order chi connectivity index (χ0) is 20.2. The Morgan fingerprint density at radius 2 is 1.76 bits per heavy atom. The number of likely N-dealkylation sites (tertiary alicyclic amines) is 1. The van der Waals surface area contributed by atoms with Gasteiger partial charge in [0.15, 0.2) is 0 Å². The number of aliphatic hydroxyl groups excluding tert-OH is 1. The second-order valence-electron chi connectivity index (χ2n) is 8.58. The first kappa shape index (κ1) is 20.1. The topological polar surface area (TPSA) is 43.8 Å². The molecule has 154 valence electrons. The monoisotopic (exact) mass is 392 g/mol. The third-order valence-electron chi connectivity index (χ3n) is 6.78. The zero-order valence-corrected chi connectivity index (χ0v) is 17.3.